The van der Waals surface area contributed by atoms with Gasteiger partial charge in [0.2, 0.25) is 20.0 Å². The van der Waals surface area contributed by atoms with Crippen molar-refractivity contribution in [2.45, 2.75) is 19.4 Å². The van der Waals surface area contributed by atoms with Crippen LogP contribution in [0.15, 0.2) is 47.6 Å². The lowest BCUT2D eigenvalue weighted by molar-refractivity contribution is 0.365. The molecule has 0 aromatic heterocycles. The van der Waals surface area contributed by atoms with E-state index in [1.807, 2.05) is 0 Å². The van der Waals surface area contributed by atoms with Gasteiger partial charge in [-0.1, -0.05) is 29.8 Å². The van der Waals surface area contributed by atoms with Crippen molar-refractivity contribution in [3.8, 4) is 0 Å². The van der Waals surface area contributed by atoms with E-state index in [-0.39, 0.29) is 22.8 Å². The Balaban J connectivity index is 1.95. The lowest BCUT2D eigenvalue weighted by atomic mass is 9.98. The molecule has 0 spiro atoms. The molecule has 3 rings (SSSR count). The van der Waals surface area contributed by atoms with Crippen molar-refractivity contribution < 1.29 is 21.2 Å². The first-order valence-corrected chi connectivity index (χ1v) is 12.5. The van der Waals surface area contributed by atoms with Gasteiger partial charge in [-0.2, -0.15) is 9.52 Å². The van der Waals surface area contributed by atoms with E-state index in [4.69, 9.17) is 11.6 Å². The molecule has 11 heteroatoms. The third-order valence-corrected chi connectivity index (χ3v) is 7.07. The number of hydrazone groups is 1. The first kappa shape index (κ1) is 21.5. The molecule has 7 nitrogen and oxygen atoms in total. The van der Waals surface area contributed by atoms with Crippen LogP contribution in [0.1, 0.15) is 30.5 Å². The Bertz CT molecular complexity index is 1150. The molecule has 0 saturated heterocycles. The number of benzene rings is 2. The van der Waals surface area contributed by atoms with Gasteiger partial charge in [-0.25, -0.2) is 21.2 Å². The van der Waals surface area contributed by atoms with E-state index in [1.165, 1.54) is 25.1 Å². The summed E-state index contributed by atoms with van der Waals surface area (Å²) in [7, 11) is -7.19. The molecule has 0 fully saturated rings. The number of nitrogens with one attached hydrogen (secondary N) is 1. The molecule has 2 aromatic carbocycles. The lowest BCUT2D eigenvalue weighted by Crippen LogP contribution is -2.26. The van der Waals surface area contributed by atoms with Gasteiger partial charge in [-0.3, -0.25) is 4.72 Å². The summed E-state index contributed by atoms with van der Waals surface area (Å²) in [5, 5.41) is 4.30. The van der Waals surface area contributed by atoms with Crippen molar-refractivity contribution in [1.29, 1.82) is 0 Å². The smallest absolute Gasteiger partial charge is 0.247 e. The summed E-state index contributed by atoms with van der Waals surface area (Å²) in [6.07, 6.45) is 1.11. The largest absolute Gasteiger partial charge is 0.284 e. The topological polar surface area (TPSA) is 95.9 Å². The van der Waals surface area contributed by atoms with Gasteiger partial charge >= 0.3 is 0 Å². The van der Waals surface area contributed by atoms with Gasteiger partial charge in [0.25, 0.3) is 0 Å². The quantitative estimate of drug-likeness (QED) is 0.716. The van der Waals surface area contributed by atoms with Crippen molar-refractivity contribution in [2.75, 3.05) is 16.7 Å². The molecule has 29 heavy (non-hydrogen) atoms. The summed E-state index contributed by atoms with van der Waals surface area (Å²) in [4.78, 5) is 0. The van der Waals surface area contributed by atoms with Crippen LogP contribution in [-0.2, 0) is 20.0 Å². The van der Waals surface area contributed by atoms with Crippen LogP contribution in [0.25, 0.3) is 0 Å². The number of hydrogen-bond acceptors (Lipinski definition) is 5. The van der Waals surface area contributed by atoms with Crippen LogP contribution in [0.5, 0.6) is 0 Å². The molecule has 0 aliphatic carbocycles. The molecule has 1 N–H and O–H groups in total. The van der Waals surface area contributed by atoms with Gasteiger partial charge in [-0.05, 0) is 36.8 Å². The molecule has 2 aromatic rings. The third-order valence-electron chi connectivity index (χ3n) is 4.42. The molecule has 1 heterocycles. The molecule has 1 aliphatic rings. The van der Waals surface area contributed by atoms with Gasteiger partial charge in [0.05, 0.1) is 23.8 Å². The number of anilines is 1. The molecule has 1 aliphatic heterocycles. The van der Waals surface area contributed by atoms with Crippen molar-refractivity contribution >= 4 is 43.0 Å². The predicted octanol–water partition coefficient (Wildman–Crippen LogP) is 3.35. The molecule has 156 valence electrons. The standard InChI is InChI=1S/C18H19ClFN3O4S2/c1-3-29(26,27)22-13-9-7-12(8-10-13)16-11-17(23(21-16)28(2,24)25)18-14(19)5-4-6-15(18)20/h4-10,17,22H,3,11H2,1-2H3/t17-/m0/s1. The minimum atomic E-state index is -3.78. The monoisotopic (exact) mass is 459 g/mol. The first-order chi connectivity index (χ1) is 13.5. The fourth-order valence-electron chi connectivity index (χ4n) is 3.00. The van der Waals surface area contributed by atoms with Crippen LogP contribution in [0.3, 0.4) is 0 Å². The molecule has 1 atom stereocenters. The zero-order valence-electron chi connectivity index (χ0n) is 15.6. The molecule has 0 bridgehead atoms. The predicted molar refractivity (Wildman–Crippen MR) is 112 cm³/mol. The minimum absolute atomic E-state index is 0.0597. The molecule has 0 unspecified atom stereocenters. The highest BCUT2D eigenvalue weighted by molar-refractivity contribution is 7.92. The van der Waals surface area contributed by atoms with Crippen LogP contribution in [0, 0.1) is 5.82 Å². The number of halogens is 2. The summed E-state index contributed by atoms with van der Waals surface area (Å²) in [6.45, 7) is 1.53. The maximum atomic E-state index is 14.4. The van der Waals surface area contributed by atoms with Crippen LogP contribution in [0.4, 0.5) is 10.1 Å². The van der Waals surface area contributed by atoms with Crippen LogP contribution in [-0.4, -0.2) is 39.0 Å². The maximum Gasteiger partial charge on any atom is 0.247 e. The number of nitrogens with zero attached hydrogens (tertiary/aromatic N) is 2. The fourth-order valence-corrected chi connectivity index (χ4v) is 4.81. The highest BCUT2D eigenvalue weighted by atomic mass is 35.5. The van der Waals surface area contributed by atoms with E-state index in [0.717, 1.165) is 10.7 Å². The number of sulfonamides is 2. The van der Waals surface area contributed by atoms with E-state index in [9.17, 15) is 21.2 Å². The first-order valence-electron chi connectivity index (χ1n) is 8.63. The second kappa shape index (κ2) is 7.92. The third kappa shape index (κ3) is 4.71. The Morgan fingerprint density at radius 1 is 1.17 bits per heavy atom. The summed E-state index contributed by atoms with van der Waals surface area (Å²) in [5.41, 5.74) is 1.45. The van der Waals surface area contributed by atoms with Gasteiger partial charge in [-0.15, -0.1) is 0 Å². The second-order valence-electron chi connectivity index (χ2n) is 6.52. The summed E-state index contributed by atoms with van der Waals surface area (Å²) in [5.74, 6) is -0.674. The van der Waals surface area contributed by atoms with Gasteiger partial charge in [0, 0.05) is 22.7 Å². The highest BCUT2D eigenvalue weighted by Gasteiger charge is 2.37. The molecule has 0 saturated carbocycles. The van der Waals surface area contributed by atoms with Gasteiger partial charge < -0.3 is 0 Å². The molecule has 0 amide bonds. The zero-order valence-corrected chi connectivity index (χ0v) is 18.0. The van der Waals surface area contributed by atoms with E-state index in [2.05, 4.69) is 9.82 Å². The highest BCUT2D eigenvalue weighted by Crippen LogP contribution is 2.39. The second-order valence-corrected chi connectivity index (χ2v) is 10.8. The van der Waals surface area contributed by atoms with Crippen molar-refractivity contribution in [3.05, 3.63) is 64.4 Å². The van der Waals surface area contributed by atoms with E-state index in [1.54, 1.807) is 24.3 Å². The van der Waals surface area contributed by atoms with Crippen molar-refractivity contribution in [2.24, 2.45) is 5.10 Å². The maximum absolute atomic E-state index is 14.4. The van der Waals surface area contributed by atoms with Crippen molar-refractivity contribution in [3.63, 3.8) is 0 Å². The zero-order chi connectivity index (χ0) is 21.4. The van der Waals surface area contributed by atoms with Crippen LogP contribution < -0.4 is 4.72 Å². The fraction of sp³-hybridized carbons (Fsp3) is 0.278. The van der Waals surface area contributed by atoms with Crippen molar-refractivity contribution in [1.82, 2.24) is 4.41 Å². The Morgan fingerprint density at radius 2 is 1.83 bits per heavy atom. The Kier molecular flexibility index (Phi) is 5.88. The van der Waals surface area contributed by atoms with Crippen LogP contribution in [0.2, 0.25) is 5.02 Å². The molecular formula is C18H19ClFN3O4S2. The van der Waals surface area contributed by atoms with E-state index >= 15 is 0 Å². The Hall–Kier alpha value is -2.17. The Morgan fingerprint density at radius 3 is 2.38 bits per heavy atom. The van der Waals surface area contributed by atoms with Crippen LogP contribution >= 0.6 is 11.6 Å². The summed E-state index contributed by atoms with van der Waals surface area (Å²) >= 11 is 6.14. The number of hydrogen-bond donors (Lipinski definition) is 1. The van der Waals surface area contributed by atoms with E-state index < -0.39 is 31.9 Å². The lowest BCUT2D eigenvalue weighted by Gasteiger charge is -2.22. The summed E-state index contributed by atoms with van der Waals surface area (Å²) < 4.78 is 65.5. The van der Waals surface area contributed by atoms with Gasteiger partial charge in [0.15, 0.2) is 0 Å². The van der Waals surface area contributed by atoms with Gasteiger partial charge in [0.1, 0.15) is 5.82 Å². The average Bonchev–Trinajstić information content (AvgIpc) is 3.07. The average molecular weight is 460 g/mol. The SMILES string of the molecule is CCS(=O)(=O)Nc1ccc(C2=NN(S(C)(=O)=O)[C@H](c3c(F)cccc3Cl)C2)cc1. The normalized spacial score (nSPS) is 17.3. The Labute approximate surface area is 174 Å². The minimum Gasteiger partial charge on any atom is -0.284 e. The van der Waals surface area contributed by atoms with E-state index in [0.29, 0.717) is 17.0 Å². The number of rotatable bonds is 6. The molecular weight excluding hydrogens is 441 g/mol. The summed E-state index contributed by atoms with van der Waals surface area (Å²) in [6, 6.07) is 9.60. The molecule has 0 radical (unpaired) electrons.